The Hall–Kier alpha value is -2.80. The van der Waals surface area contributed by atoms with Crippen molar-refractivity contribution < 1.29 is 4.79 Å². The first-order valence-electron chi connectivity index (χ1n) is 5.78. The van der Waals surface area contributed by atoms with Crippen LogP contribution in [0.2, 0.25) is 0 Å². The fourth-order valence-electron chi connectivity index (χ4n) is 1.67. The number of amides is 1. The van der Waals surface area contributed by atoms with Gasteiger partial charge in [-0.1, -0.05) is 18.2 Å². The molecule has 94 valence electrons. The maximum absolute atomic E-state index is 12.1. The van der Waals surface area contributed by atoms with Gasteiger partial charge in [0, 0.05) is 11.3 Å². The number of carbonyl (C=O) groups is 1. The van der Waals surface area contributed by atoms with Gasteiger partial charge < -0.3 is 11.1 Å². The summed E-state index contributed by atoms with van der Waals surface area (Å²) in [4.78, 5) is 12.1. The third kappa shape index (κ3) is 2.72. The molecule has 2 rings (SSSR count). The molecule has 4 heteroatoms. The summed E-state index contributed by atoms with van der Waals surface area (Å²) in [6.45, 7) is 1.88. The summed E-state index contributed by atoms with van der Waals surface area (Å²) in [5.41, 5.74) is 8.66. The maximum Gasteiger partial charge on any atom is 0.255 e. The zero-order chi connectivity index (χ0) is 13.8. The first-order valence-corrected chi connectivity index (χ1v) is 5.78. The molecule has 0 spiro atoms. The maximum atomic E-state index is 12.1. The smallest absolute Gasteiger partial charge is 0.255 e. The van der Waals surface area contributed by atoms with E-state index < -0.39 is 0 Å². The van der Waals surface area contributed by atoms with Crippen LogP contribution < -0.4 is 11.1 Å². The highest BCUT2D eigenvalue weighted by molar-refractivity contribution is 6.05. The monoisotopic (exact) mass is 251 g/mol. The number of carbonyl (C=O) groups excluding carboxylic acids is 1. The van der Waals surface area contributed by atoms with Crippen molar-refractivity contribution in [3.8, 4) is 6.07 Å². The number of aryl methyl sites for hydroxylation is 1. The Morgan fingerprint density at radius 2 is 2.00 bits per heavy atom. The molecule has 0 aliphatic rings. The molecule has 0 saturated heterocycles. The van der Waals surface area contributed by atoms with Crippen molar-refractivity contribution in [1.29, 1.82) is 5.26 Å². The molecule has 3 N–H and O–H groups in total. The van der Waals surface area contributed by atoms with E-state index in [9.17, 15) is 4.79 Å². The lowest BCUT2D eigenvalue weighted by atomic mass is 10.1. The van der Waals surface area contributed by atoms with Crippen molar-refractivity contribution in [2.75, 3.05) is 11.1 Å². The average Bonchev–Trinajstić information content (AvgIpc) is 2.42. The number of nitriles is 1. The van der Waals surface area contributed by atoms with Crippen LogP contribution in [-0.2, 0) is 0 Å². The van der Waals surface area contributed by atoms with E-state index in [0.29, 0.717) is 22.5 Å². The number of nitrogen functional groups attached to an aromatic ring is 1. The van der Waals surface area contributed by atoms with Crippen LogP contribution in [0.5, 0.6) is 0 Å². The minimum absolute atomic E-state index is 0.283. The van der Waals surface area contributed by atoms with E-state index in [0.717, 1.165) is 5.56 Å². The first kappa shape index (κ1) is 12.7. The Labute approximate surface area is 111 Å². The first-order chi connectivity index (χ1) is 9.11. The summed E-state index contributed by atoms with van der Waals surface area (Å²) in [5.74, 6) is -0.283. The topological polar surface area (TPSA) is 78.9 Å². The quantitative estimate of drug-likeness (QED) is 0.805. The van der Waals surface area contributed by atoms with Crippen LogP contribution in [0.15, 0.2) is 42.5 Å². The van der Waals surface area contributed by atoms with Crippen molar-refractivity contribution in [1.82, 2.24) is 0 Å². The molecule has 0 bridgehead atoms. The molecule has 2 aromatic rings. The average molecular weight is 251 g/mol. The number of nitrogens with two attached hydrogens (primary N) is 1. The predicted molar refractivity (Wildman–Crippen MR) is 74.7 cm³/mol. The van der Waals surface area contributed by atoms with Crippen molar-refractivity contribution in [3.63, 3.8) is 0 Å². The summed E-state index contributed by atoms with van der Waals surface area (Å²) >= 11 is 0. The van der Waals surface area contributed by atoms with Crippen LogP contribution in [0.1, 0.15) is 21.5 Å². The van der Waals surface area contributed by atoms with E-state index in [4.69, 9.17) is 11.0 Å². The summed E-state index contributed by atoms with van der Waals surface area (Å²) in [5, 5.41) is 11.7. The third-order valence-corrected chi connectivity index (χ3v) is 2.84. The molecule has 1 amide bonds. The molecule has 0 radical (unpaired) electrons. The summed E-state index contributed by atoms with van der Waals surface area (Å²) in [6.07, 6.45) is 0. The van der Waals surface area contributed by atoms with Gasteiger partial charge in [0.1, 0.15) is 6.07 Å². The zero-order valence-electron chi connectivity index (χ0n) is 10.5. The largest absolute Gasteiger partial charge is 0.398 e. The van der Waals surface area contributed by atoms with E-state index in [1.807, 2.05) is 13.0 Å². The number of hydrogen-bond donors (Lipinski definition) is 2. The highest BCUT2D eigenvalue weighted by Gasteiger charge is 2.09. The van der Waals surface area contributed by atoms with Crippen molar-refractivity contribution in [2.24, 2.45) is 0 Å². The van der Waals surface area contributed by atoms with Gasteiger partial charge in [-0.25, -0.2) is 0 Å². The van der Waals surface area contributed by atoms with Crippen molar-refractivity contribution in [2.45, 2.75) is 6.92 Å². The van der Waals surface area contributed by atoms with Crippen LogP contribution in [0.3, 0.4) is 0 Å². The number of nitrogens with one attached hydrogen (secondary N) is 1. The molecule has 0 fully saturated rings. The SMILES string of the molecule is Cc1ccc(C(=O)Nc2ccccc2C#N)cc1N. The van der Waals surface area contributed by atoms with E-state index >= 15 is 0 Å². The third-order valence-electron chi connectivity index (χ3n) is 2.84. The number of benzene rings is 2. The Morgan fingerprint density at radius 1 is 1.26 bits per heavy atom. The van der Waals surface area contributed by atoms with Gasteiger partial charge in [0.05, 0.1) is 11.3 Å². The lowest BCUT2D eigenvalue weighted by Gasteiger charge is -2.08. The van der Waals surface area contributed by atoms with Crippen LogP contribution in [-0.4, -0.2) is 5.91 Å². The van der Waals surface area contributed by atoms with Crippen LogP contribution in [0.25, 0.3) is 0 Å². The number of nitrogens with zero attached hydrogens (tertiary/aromatic N) is 1. The summed E-state index contributed by atoms with van der Waals surface area (Å²) in [7, 11) is 0. The summed E-state index contributed by atoms with van der Waals surface area (Å²) in [6, 6.07) is 14.0. The highest BCUT2D eigenvalue weighted by atomic mass is 16.1. The Morgan fingerprint density at radius 3 is 2.68 bits per heavy atom. The Kier molecular flexibility index (Phi) is 3.48. The zero-order valence-corrected chi connectivity index (χ0v) is 10.5. The van der Waals surface area contributed by atoms with Gasteiger partial charge in [-0.15, -0.1) is 0 Å². The number of anilines is 2. The lowest BCUT2D eigenvalue weighted by molar-refractivity contribution is 0.102. The van der Waals surface area contributed by atoms with Crippen molar-refractivity contribution >= 4 is 17.3 Å². The second-order valence-electron chi connectivity index (χ2n) is 4.18. The highest BCUT2D eigenvalue weighted by Crippen LogP contribution is 2.17. The molecule has 19 heavy (non-hydrogen) atoms. The summed E-state index contributed by atoms with van der Waals surface area (Å²) < 4.78 is 0. The van der Waals surface area contributed by atoms with Gasteiger partial charge in [0.25, 0.3) is 5.91 Å². The fourth-order valence-corrected chi connectivity index (χ4v) is 1.67. The fraction of sp³-hybridized carbons (Fsp3) is 0.0667. The molecular formula is C15H13N3O. The minimum Gasteiger partial charge on any atom is -0.398 e. The molecule has 0 atom stereocenters. The molecule has 0 saturated carbocycles. The van der Waals surface area contributed by atoms with Gasteiger partial charge in [0.2, 0.25) is 0 Å². The van der Waals surface area contributed by atoms with Crippen LogP contribution in [0, 0.1) is 18.3 Å². The lowest BCUT2D eigenvalue weighted by Crippen LogP contribution is -2.13. The Bertz CT molecular complexity index is 671. The van der Waals surface area contributed by atoms with E-state index in [1.54, 1.807) is 42.5 Å². The molecule has 0 aliphatic heterocycles. The molecule has 0 heterocycles. The molecule has 0 unspecified atom stereocenters. The minimum atomic E-state index is -0.283. The second kappa shape index (κ2) is 5.23. The van der Waals surface area contributed by atoms with Gasteiger partial charge in [-0.3, -0.25) is 4.79 Å². The predicted octanol–water partition coefficient (Wildman–Crippen LogP) is 2.70. The van der Waals surface area contributed by atoms with Crippen molar-refractivity contribution in [3.05, 3.63) is 59.2 Å². The molecule has 4 nitrogen and oxygen atoms in total. The van der Waals surface area contributed by atoms with Gasteiger partial charge in [0.15, 0.2) is 0 Å². The van der Waals surface area contributed by atoms with E-state index in [1.165, 1.54) is 0 Å². The standard InChI is InChI=1S/C15H13N3O/c1-10-6-7-11(8-13(10)17)15(19)18-14-5-3-2-4-12(14)9-16/h2-8H,17H2,1H3,(H,18,19). The van der Waals surface area contributed by atoms with Gasteiger partial charge in [-0.2, -0.15) is 5.26 Å². The van der Waals surface area contributed by atoms with E-state index in [-0.39, 0.29) is 5.91 Å². The van der Waals surface area contributed by atoms with Gasteiger partial charge in [-0.05, 0) is 36.8 Å². The molecule has 0 aromatic heterocycles. The Balaban J connectivity index is 2.26. The molecular weight excluding hydrogens is 238 g/mol. The number of rotatable bonds is 2. The molecule has 0 aliphatic carbocycles. The number of hydrogen-bond acceptors (Lipinski definition) is 3. The van der Waals surface area contributed by atoms with Gasteiger partial charge >= 0.3 is 0 Å². The normalized spacial score (nSPS) is 9.68. The van der Waals surface area contributed by atoms with E-state index in [2.05, 4.69) is 5.32 Å². The second-order valence-corrected chi connectivity index (χ2v) is 4.18. The number of para-hydroxylation sites is 1. The van der Waals surface area contributed by atoms with Crippen LogP contribution in [0.4, 0.5) is 11.4 Å². The van der Waals surface area contributed by atoms with Crippen LogP contribution >= 0.6 is 0 Å². The molecule has 2 aromatic carbocycles.